The van der Waals surface area contributed by atoms with Crippen LogP contribution in [0.5, 0.6) is 0 Å². The summed E-state index contributed by atoms with van der Waals surface area (Å²) >= 11 is 0. The Labute approximate surface area is 70.9 Å². The molecule has 0 aromatic carbocycles. The number of ether oxygens (including phenoxy) is 1. The molecule has 0 aromatic heterocycles. The van der Waals surface area contributed by atoms with Gasteiger partial charge in [-0.1, -0.05) is 0 Å². The zero-order valence-corrected chi connectivity index (χ0v) is 7.40. The molecule has 0 aromatic rings. The van der Waals surface area contributed by atoms with Crippen LogP contribution < -0.4 is 0 Å². The van der Waals surface area contributed by atoms with E-state index in [0.717, 1.165) is 0 Å². The first kappa shape index (κ1) is 8.83. The van der Waals surface area contributed by atoms with Crippen molar-refractivity contribution in [3.8, 4) is 0 Å². The molecule has 68 valence electrons. The molecule has 1 saturated heterocycles. The molecule has 2 amide bonds. The predicted molar refractivity (Wildman–Crippen MR) is 41.3 cm³/mol. The van der Waals surface area contributed by atoms with Crippen molar-refractivity contribution in [1.29, 1.82) is 0 Å². The molecule has 1 aliphatic rings. The SMILES string of the molecule is COC(=O)N1CC(=O)N(C)[C@@H]1C. The van der Waals surface area contributed by atoms with Gasteiger partial charge in [0, 0.05) is 7.05 Å². The van der Waals surface area contributed by atoms with Gasteiger partial charge in [-0.3, -0.25) is 9.69 Å². The lowest BCUT2D eigenvalue weighted by Crippen LogP contribution is -2.38. The van der Waals surface area contributed by atoms with Crippen LogP contribution in [0.15, 0.2) is 0 Å². The largest absolute Gasteiger partial charge is 0.453 e. The maximum absolute atomic E-state index is 11.1. The maximum Gasteiger partial charge on any atom is 0.411 e. The highest BCUT2D eigenvalue weighted by Gasteiger charge is 2.35. The molecule has 1 rings (SSSR count). The summed E-state index contributed by atoms with van der Waals surface area (Å²) in [6.07, 6.45) is -0.662. The van der Waals surface area contributed by atoms with E-state index < -0.39 is 6.09 Å². The summed E-state index contributed by atoms with van der Waals surface area (Å²) in [4.78, 5) is 25.0. The van der Waals surface area contributed by atoms with Crippen molar-refractivity contribution >= 4 is 12.0 Å². The van der Waals surface area contributed by atoms with Gasteiger partial charge in [0.1, 0.15) is 12.7 Å². The Hall–Kier alpha value is -1.26. The van der Waals surface area contributed by atoms with Gasteiger partial charge in [-0.25, -0.2) is 4.79 Å². The molecule has 0 unspecified atom stereocenters. The van der Waals surface area contributed by atoms with Crippen LogP contribution in [0.25, 0.3) is 0 Å². The normalized spacial score (nSPS) is 23.2. The van der Waals surface area contributed by atoms with Crippen LogP contribution in [0.3, 0.4) is 0 Å². The maximum atomic E-state index is 11.1. The third-order valence-electron chi connectivity index (χ3n) is 2.12. The Balaban J connectivity index is 2.70. The Kier molecular flexibility index (Phi) is 2.21. The molecular formula is C7H12N2O3. The van der Waals surface area contributed by atoms with Crippen LogP contribution in [0, 0.1) is 0 Å². The summed E-state index contributed by atoms with van der Waals surface area (Å²) in [5.74, 6) is -0.0621. The summed E-state index contributed by atoms with van der Waals surface area (Å²) in [5.41, 5.74) is 0. The van der Waals surface area contributed by atoms with Crippen LogP contribution in [-0.4, -0.2) is 48.7 Å². The Morgan fingerprint density at radius 1 is 1.67 bits per heavy atom. The van der Waals surface area contributed by atoms with Crippen LogP contribution in [-0.2, 0) is 9.53 Å². The zero-order chi connectivity index (χ0) is 9.30. The number of carbonyl (C=O) groups is 2. The topological polar surface area (TPSA) is 49.9 Å². The first-order valence-electron chi connectivity index (χ1n) is 3.68. The number of likely N-dealkylation sites (N-methyl/N-ethyl adjacent to an activating group) is 1. The van der Waals surface area contributed by atoms with E-state index in [-0.39, 0.29) is 18.6 Å². The number of methoxy groups -OCH3 is 1. The van der Waals surface area contributed by atoms with Gasteiger partial charge in [-0.05, 0) is 6.92 Å². The monoisotopic (exact) mass is 172 g/mol. The first-order valence-corrected chi connectivity index (χ1v) is 3.68. The smallest absolute Gasteiger partial charge is 0.411 e. The van der Waals surface area contributed by atoms with Crippen molar-refractivity contribution in [1.82, 2.24) is 9.80 Å². The first-order chi connectivity index (χ1) is 5.57. The number of rotatable bonds is 0. The lowest BCUT2D eigenvalue weighted by Gasteiger charge is -2.21. The molecule has 0 N–H and O–H groups in total. The second-order valence-electron chi connectivity index (χ2n) is 2.73. The quantitative estimate of drug-likeness (QED) is 0.511. The van der Waals surface area contributed by atoms with Crippen LogP contribution in [0.1, 0.15) is 6.92 Å². The van der Waals surface area contributed by atoms with E-state index in [4.69, 9.17) is 0 Å². The Bertz CT molecular complexity index is 217. The molecule has 0 spiro atoms. The molecule has 0 radical (unpaired) electrons. The minimum Gasteiger partial charge on any atom is -0.453 e. The molecule has 0 aliphatic carbocycles. The molecular weight excluding hydrogens is 160 g/mol. The Morgan fingerprint density at radius 3 is 2.58 bits per heavy atom. The number of hydrogen-bond acceptors (Lipinski definition) is 3. The summed E-state index contributed by atoms with van der Waals surface area (Å²) < 4.78 is 4.51. The van der Waals surface area contributed by atoms with Gasteiger partial charge < -0.3 is 9.64 Å². The highest BCUT2D eigenvalue weighted by atomic mass is 16.5. The van der Waals surface area contributed by atoms with Crippen LogP contribution in [0.4, 0.5) is 4.79 Å². The van der Waals surface area contributed by atoms with Gasteiger partial charge in [0.25, 0.3) is 0 Å². The highest BCUT2D eigenvalue weighted by molar-refractivity contribution is 5.85. The number of carbonyl (C=O) groups excluding carboxylic acids is 2. The fourth-order valence-electron chi connectivity index (χ4n) is 1.14. The van der Waals surface area contributed by atoms with Gasteiger partial charge in [-0.15, -0.1) is 0 Å². The van der Waals surface area contributed by atoms with Gasteiger partial charge in [0.2, 0.25) is 5.91 Å². The average Bonchev–Trinajstić information content (AvgIpc) is 2.32. The van der Waals surface area contributed by atoms with E-state index >= 15 is 0 Å². The second kappa shape index (κ2) is 3.00. The summed E-state index contributed by atoms with van der Waals surface area (Å²) in [6.45, 7) is 1.90. The fraction of sp³-hybridized carbons (Fsp3) is 0.714. The lowest BCUT2D eigenvalue weighted by atomic mass is 10.5. The molecule has 1 fully saturated rings. The summed E-state index contributed by atoms with van der Waals surface area (Å²) in [6, 6.07) is 0. The Morgan fingerprint density at radius 2 is 2.25 bits per heavy atom. The molecule has 1 aliphatic heterocycles. The molecule has 1 heterocycles. The third-order valence-corrected chi connectivity index (χ3v) is 2.12. The molecule has 12 heavy (non-hydrogen) atoms. The van der Waals surface area contributed by atoms with Gasteiger partial charge in [-0.2, -0.15) is 0 Å². The lowest BCUT2D eigenvalue weighted by molar-refractivity contribution is -0.126. The van der Waals surface area contributed by atoms with Crippen molar-refractivity contribution in [2.24, 2.45) is 0 Å². The summed E-state index contributed by atoms with van der Waals surface area (Å²) in [7, 11) is 2.97. The van der Waals surface area contributed by atoms with E-state index in [0.29, 0.717) is 0 Å². The zero-order valence-electron chi connectivity index (χ0n) is 7.40. The number of nitrogens with zero attached hydrogens (tertiary/aromatic N) is 2. The second-order valence-corrected chi connectivity index (χ2v) is 2.73. The predicted octanol–water partition coefficient (Wildman–Crippen LogP) is -0.127. The highest BCUT2D eigenvalue weighted by Crippen LogP contribution is 2.13. The third kappa shape index (κ3) is 1.22. The van der Waals surface area contributed by atoms with Crippen molar-refractivity contribution < 1.29 is 14.3 Å². The molecule has 5 heteroatoms. The van der Waals surface area contributed by atoms with E-state index in [9.17, 15) is 9.59 Å². The van der Waals surface area contributed by atoms with E-state index in [1.807, 2.05) is 0 Å². The van der Waals surface area contributed by atoms with Crippen molar-refractivity contribution in [3.05, 3.63) is 0 Å². The average molecular weight is 172 g/mol. The van der Waals surface area contributed by atoms with E-state index in [1.165, 1.54) is 16.9 Å². The van der Waals surface area contributed by atoms with Crippen molar-refractivity contribution in [3.63, 3.8) is 0 Å². The van der Waals surface area contributed by atoms with E-state index in [1.54, 1.807) is 14.0 Å². The fourth-order valence-corrected chi connectivity index (χ4v) is 1.14. The number of amides is 2. The standard InChI is InChI=1S/C7H12N2O3/c1-5-8(2)6(10)4-9(5)7(11)12-3/h5H,4H2,1-3H3/t5-/m0/s1. The molecule has 0 bridgehead atoms. The number of hydrogen-bond donors (Lipinski definition) is 0. The van der Waals surface area contributed by atoms with Gasteiger partial charge in [0.05, 0.1) is 7.11 Å². The van der Waals surface area contributed by atoms with Crippen molar-refractivity contribution in [2.45, 2.75) is 13.1 Å². The van der Waals surface area contributed by atoms with Crippen LogP contribution >= 0.6 is 0 Å². The van der Waals surface area contributed by atoms with Crippen LogP contribution in [0.2, 0.25) is 0 Å². The minimum atomic E-state index is -0.458. The minimum absolute atomic E-state index is 0.0621. The molecule has 0 saturated carbocycles. The van der Waals surface area contributed by atoms with Gasteiger partial charge in [0.15, 0.2) is 0 Å². The summed E-state index contributed by atoms with van der Waals surface area (Å²) in [5, 5.41) is 0. The molecule has 1 atom stereocenters. The van der Waals surface area contributed by atoms with Gasteiger partial charge >= 0.3 is 6.09 Å². The van der Waals surface area contributed by atoms with E-state index in [2.05, 4.69) is 4.74 Å². The van der Waals surface area contributed by atoms with Crippen molar-refractivity contribution in [2.75, 3.05) is 20.7 Å². The molecule has 5 nitrogen and oxygen atoms in total.